The standard InChI is InChI=1S/C26H26N4O3/c31-25(21-17-18-7-5-6-12-30(18)27-21)28-13-15-29(16-14-28)26(32)24-19-8-1-3-10-22(19)33-23-11-4-2-9-20(23)24/h1-4,8-11,17,24H,5-7,12-16H2. The van der Waals surface area contributed by atoms with Gasteiger partial charge >= 0.3 is 0 Å². The highest BCUT2D eigenvalue weighted by Crippen LogP contribution is 2.44. The van der Waals surface area contributed by atoms with Gasteiger partial charge in [0.1, 0.15) is 11.5 Å². The molecule has 7 heteroatoms. The highest BCUT2D eigenvalue weighted by atomic mass is 16.5. The summed E-state index contributed by atoms with van der Waals surface area (Å²) < 4.78 is 8.01. The lowest BCUT2D eigenvalue weighted by molar-refractivity contribution is -0.133. The van der Waals surface area contributed by atoms with Crippen molar-refractivity contribution in [2.75, 3.05) is 26.2 Å². The van der Waals surface area contributed by atoms with Crippen LogP contribution in [0.5, 0.6) is 11.5 Å². The van der Waals surface area contributed by atoms with Crippen LogP contribution in [0.4, 0.5) is 0 Å². The summed E-state index contributed by atoms with van der Waals surface area (Å²) >= 11 is 0. The average molecular weight is 443 g/mol. The van der Waals surface area contributed by atoms with Gasteiger partial charge in [-0.1, -0.05) is 36.4 Å². The molecule has 7 nitrogen and oxygen atoms in total. The molecule has 1 fully saturated rings. The topological polar surface area (TPSA) is 67.7 Å². The number of aryl methyl sites for hydroxylation is 2. The van der Waals surface area contributed by atoms with Crippen molar-refractivity contribution in [2.24, 2.45) is 0 Å². The molecule has 33 heavy (non-hydrogen) atoms. The van der Waals surface area contributed by atoms with E-state index < -0.39 is 5.92 Å². The van der Waals surface area contributed by atoms with E-state index in [4.69, 9.17) is 4.74 Å². The van der Waals surface area contributed by atoms with Crippen LogP contribution in [-0.2, 0) is 17.8 Å². The van der Waals surface area contributed by atoms with Crippen LogP contribution >= 0.6 is 0 Å². The lowest BCUT2D eigenvalue weighted by Gasteiger charge is -2.37. The first-order valence-corrected chi connectivity index (χ1v) is 11.7. The minimum atomic E-state index is -0.395. The Morgan fingerprint density at radius 2 is 1.45 bits per heavy atom. The number of aromatic nitrogens is 2. The van der Waals surface area contributed by atoms with Gasteiger partial charge in [-0.15, -0.1) is 0 Å². The van der Waals surface area contributed by atoms with Gasteiger partial charge in [-0.3, -0.25) is 14.3 Å². The number of fused-ring (bicyclic) bond motifs is 3. The Labute approximate surface area is 192 Å². The Balaban J connectivity index is 1.19. The molecule has 2 amide bonds. The molecule has 6 rings (SSSR count). The van der Waals surface area contributed by atoms with Gasteiger partial charge < -0.3 is 14.5 Å². The van der Waals surface area contributed by atoms with E-state index >= 15 is 0 Å². The molecule has 0 atom stereocenters. The Bertz CT molecular complexity index is 1160. The summed E-state index contributed by atoms with van der Waals surface area (Å²) in [5, 5.41) is 4.53. The third kappa shape index (κ3) is 3.48. The summed E-state index contributed by atoms with van der Waals surface area (Å²) in [6, 6.07) is 17.4. The number of carbonyl (C=O) groups is 2. The normalized spacial score (nSPS) is 17.6. The van der Waals surface area contributed by atoms with E-state index in [0.717, 1.165) is 54.1 Å². The number of ether oxygens (including phenoxy) is 1. The number of piperazine rings is 1. The third-order valence-corrected chi connectivity index (χ3v) is 6.94. The van der Waals surface area contributed by atoms with Gasteiger partial charge in [0.2, 0.25) is 5.91 Å². The molecule has 3 aliphatic heterocycles. The second-order valence-corrected chi connectivity index (χ2v) is 8.93. The molecule has 0 unspecified atom stereocenters. The number of hydrogen-bond donors (Lipinski definition) is 0. The van der Waals surface area contributed by atoms with E-state index in [1.807, 2.05) is 69.1 Å². The molecule has 0 spiro atoms. The maximum atomic E-state index is 13.7. The Morgan fingerprint density at radius 1 is 0.818 bits per heavy atom. The zero-order valence-corrected chi connectivity index (χ0v) is 18.4. The van der Waals surface area contributed by atoms with E-state index in [9.17, 15) is 9.59 Å². The molecule has 1 aromatic heterocycles. The highest BCUT2D eigenvalue weighted by molar-refractivity contribution is 5.93. The number of para-hydroxylation sites is 2. The summed E-state index contributed by atoms with van der Waals surface area (Å²) in [6.45, 7) is 2.94. The Morgan fingerprint density at radius 3 is 2.12 bits per heavy atom. The van der Waals surface area contributed by atoms with Crippen LogP contribution in [0.3, 0.4) is 0 Å². The van der Waals surface area contributed by atoms with Crippen LogP contribution in [0.1, 0.15) is 46.1 Å². The minimum absolute atomic E-state index is 0.0363. The molecule has 0 N–H and O–H groups in total. The second-order valence-electron chi connectivity index (χ2n) is 8.93. The molecule has 1 saturated heterocycles. The van der Waals surface area contributed by atoms with Crippen molar-refractivity contribution in [1.29, 1.82) is 0 Å². The van der Waals surface area contributed by atoms with Crippen molar-refractivity contribution in [2.45, 2.75) is 31.7 Å². The minimum Gasteiger partial charge on any atom is -0.457 e. The van der Waals surface area contributed by atoms with E-state index in [2.05, 4.69) is 5.10 Å². The fraction of sp³-hybridized carbons (Fsp3) is 0.346. The first kappa shape index (κ1) is 20.0. The summed E-state index contributed by atoms with van der Waals surface area (Å²) in [5.41, 5.74) is 3.46. The second kappa shape index (κ2) is 8.06. The van der Waals surface area contributed by atoms with Crippen molar-refractivity contribution < 1.29 is 14.3 Å². The molecule has 168 valence electrons. The van der Waals surface area contributed by atoms with Gasteiger partial charge in [0.05, 0.1) is 5.92 Å². The highest BCUT2D eigenvalue weighted by Gasteiger charge is 2.36. The van der Waals surface area contributed by atoms with E-state index in [1.54, 1.807) is 0 Å². The number of hydrogen-bond acceptors (Lipinski definition) is 4. The molecule has 0 bridgehead atoms. The number of rotatable bonds is 2. The first-order valence-electron chi connectivity index (χ1n) is 11.7. The SMILES string of the molecule is O=C(c1cc2n(n1)CCCC2)N1CCN(C(=O)C2c3ccccc3Oc3ccccc32)CC1. The fourth-order valence-corrected chi connectivity index (χ4v) is 5.17. The monoisotopic (exact) mass is 442 g/mol. The van der Waals surface area contributed by atoms with Gasteiger partial charge in [0, 0.05) is 49.5 Å². The lowest BCUT2D eigenvalue weighted by atomic mass is 9.86. The van der Waals surface area contributed by atoms with Gasteiger partial charge in [-0.25, -0.2) is 0 Å². The largest absolute Gasteiger partial charge is 0.457 e. The Hall–Kier alpha value is -3.61. The zero-order chi connectivity index (χ0) is 22.4. The van der Waals surface area contributed by atoms with Crippen molar-refractivity contribution >= 4 is 11.8 Å². The van der Waals surface area contributed by atoms with Crippen molar-refractivity contribution in [3.8, 4) is 11.5 Å². The van der Waals surface area contributed by atoms with E-state index in [-0.39, 0.29) is 11.8 Å². The Kier molecular flexibility index (Phi) is 4.89. The molecule has 3 aliphatic rings. The van der Waals surface area contributed by atoms with Gasteiger partial charge in [-0.05, 0) is 37.5 Å². The van der Waals surface area contributed by atoms with Gasteiger partial charge in [-0.2, -0.15) is 5.10 Å². The van der Waals surface area contributed by atoms with Crippen molar-refractivity contribution in [3.63, 3.8) is 0 Å². The van der Waals surface area contributed by atoms with Crippen LogP contribution in [0.2, 0.25) is 0 Å². The summed E-state index contributed by atoms with van der Waals surface area (Å²) in [6.07, 6.45) is 3.25. The quantitative estimate of drug-likeness (QED) is 0.610. The smallest absolute Gasteiger partial charge is 0.274 e. The van der Waals surface area contributed by atoms with Gasteiger partial charge in [0.25, 0.3) is 5.91 Å². The summed E-state index contributed by atoms with van der Waals surface area (Å²) in [5.74, 6) is 1.08. The van der Waals surface area contributed by atoms with Crippen LogP contribution in [-0.4, -0.2) is 57.6 Å². The molecular weight excluding hydrogens is 416 g/mol. The zero-order valence-electron chi connectivity index (χ0n) is 18.4. The molecule has 4 heterocycles. The summed E-state index contributed by atoms with van der Waals surface area (Å²) in [4.78, 5) is 30.5. The van der Waals surface area contributed by atoms with Gasteiger partial charge in [0.15, 0.2) is 5.69 Å². The van der Waals surface area contributed by atoms with Crippen LogP contribution in [0.15, 0.2) is 54.6 Å². The van der Waals surface area contributed by atoms with Crippen molar-refractivity contribution in [3.05, 3.63) is 77.1 Å². The predicted octanol–water partition coefficient (Wildman–Crippen LogP) is 3.44. The lowest BCUT2D eigenvalue weighted by Crippen LogP contribution is -2.52. The number of nitrogens with zero attached hydrogens (tertiary/aromatic N) is 4. The fourth-order valence-electron chi connectivity index (χ4n) is 5.17. The number of benzene rings is 2. The van der Waals surface area contributed by atoms with Crippen LogP contribution in [0, 0.1) is 0 Å². The third-order valence-electron chi connectivity index (χ3n) is 6.94. The molecule has 3 aromatic rings. The molecule has 2 aromatic carbocycles. The van der Waals surface area contributed by atoms with Crippen LogP contribution in [0.25, 0.3) is 0 Å². The first-order chi connectivity index (χ1) is 16.2. The average Bonchev–Trinajstić information content (AvgIpc) is 3.31. The molecular formula is C26H26N4O3. The molecule has 0 saturated carbocycles. The molecule has 0 radical (unpaired) electrons. The molecule has 0 aliphatic carbocycles. The number of amides is 2. The predicted molar refractivity (Wildman–Crippen MR) is 122 cm³/mol. The van der Waals surface area contributed by atoms with Crippen LogP contribution < -0.4 is 4.74 Å². The summed E-state index contributed by atoms with van der Waals surface area (Å²) in [7, 11) is 0. The van der Waals surface area contributed by atoms with E-state index in [0.29, 0.717) is 31.9 Å². The number of carbonyl (C=O) groups excluding carboxylic acids is 2. The maximum absolute atomic E-state index is 13.7. The maximum Gasteiger partial charge on any atom is 0.274 e. The van der Waals surface area contributed by atoms with E-state index in [1.165, 1.54) is 0 Å². The van der Waals surface area contributed by atoms with Crippen molar-refractivity contribution in [1.82, 2.24) is 19.6 Å².